The molecule has 0 aromatic carbocycles. The van der Waals surface area contributed by atoms with Crippen LogP contribution in [0.2, 0.25) is 0 Å². The first-order valence-electron chi connectivity index (χ1n) is 14.6. The second-order valence-corrected chi connectivity index (χ2v) is 12.0. The zero-order valence-electron chi connectivity index (χ0n) is 25.0. The van der Waals surface area contributed by atoms with Crippen molar-refractivity contribution in [1.29, 1.82) is 0 Å². The fourth-order valence-electron chi connectivity index (χ4n) is 4.92. The van der Waals surface area contributed by atoms with Gasteiger partial charge >= 0.3 is 5.97 Å². The van der Waals surface area contributed by atoms with Crippen molar-refractivity contribution in [2.75, 3.05) is 11.9 Å². The Hall–Kier alpha value is -4.04. The first-order valence-corrected chi connectivity index (χ1v) is 15.5. The molecule has 0 radical (unpaired) electrons. The number of aromatic nitrogens is 6. The molecule has 11 nitrogen and oxygen atoms in total. The summed E-state index contributed by atoms with van der Waals surface area (Å²) in [5, 5.41) is 13.7. The minimum Gasteiger partial charge on any atom is -0.442 e. The van der Waals surface area contributed by atoms with Gasteiger partial charge in [-0.05, 0) is 50.7 Å². The molecule has 5 rings (SSSR count). The van der Waals surface area contributed by atoms with Crippen molar-refractivity contribution in [2.24, 2.45) is 11.8 Å². The number of anilines is 1. The maximum Gasteiger partial charge on any atom is 0.310 e. The van der Waals surface area contributed by atoms with Crippen molar-refractivity contribution in [2.45, 2.75) is 72.3 Å². The first-order chi connectivity index (χ1) is 21.1. The van der Waals surface area contributed by atoms with E-state index in [1.807, 2.05) is 27.7 Å². The molecule has 4 heterocycles. The number of nitrogens with zero attached hydrogens (tertiary/aromatic N) is 6. The summed E-state index contributed by atoms with van der Waals surface area (Å²) in [4.78, 5) is 33.7. The number of thiazole rings is 1. The summed E-state index contributed by atoms with van der Waals surface area (Å²) in [6.45, 7) is 8.29. The topological polar surface area (TPSA) is 126 Å². The highest BCUT2D eigenvalue weighted by Gasteiger charge is 2.27. The van der Waals surface area contributed by atoms with Crippen LogP contribution in [-0.4, -0.2) is 54.1 Å². The highest BCUT2D eigenvalue weighted by molar-refractivity contribution is 7.13. The molecule has 14 heteroatoms. The number of ether oxygens (including phenoxy) is 2. The molecule has 1 atom stereocenters. The van der Waals surface area contributed by atoms with Crippen LogP contribution < -0.4 is 5.32 Å². The number of carbonyl (C=O) groups excluding carboxylic acids is 2. The Balaban J connectivity index is 1.32. The van der Waals surface area contributed by atoms with Gasteiger partial charge in [-0.25, -0.2) is 19.0 Å². The molecule has 1 fully saturated rings. The number of hydrogen-bond donors (Lipinski definition) is 1. The molecule has 0 unspecified atom stereocenters. The van der Waals surface area contributed by atoms with Crippen LogP contribution in [0.5, 0.6) is 0 Å². The molecule has 4 aromatic rings. The van der Waals surface area contributed by atoms with E-state index in [0.29, 0.717) is 17.2 Å². The lowest BCUT2D eigenvalue weighted by atomic mass is 9.93. The van der Waals surface area contributed by atoms with Gasteiger partial charge in [0.05, 0.1) is 29.9 Å². The lowest BCUT2D eigenvalue weighted by Crippen LogP contribution is -2.24. The minimum atomic E-state index is -0.862. The van der Waals surface area contributed by atoms with E-state index in [-0.39, 0.29) is 59.5 Å². The molecular formula is C30H35F2N7O4S. The molecule has 44 heavy (non-hydrogen) atoms. The lowest BCUT2D eigenvalue weighted by molar-refractivity contribution is -0.153. The van der Waals surface area contributed by atoms with Gasteiger partial charge in [-0.2, -0.15) is 14.6 Å². The summed E-state index contributed by atoms with van der Waals surface area (Å²) in [6, 6.07) is 1.91. The van der Waals surface area contributed by atoms with Crippen molar-refractivity contribution in [1.82, 2.24) is 29.5 Å². The first kappa shape index (κ1) is 31.4. The maximum atomic E-state index is 14.8. The normalized spacial score (nSPS) is 17.5. The largest absolute Gasteiger partial charge is 0.442 e. The van der Waals surface area contributed by atoms with Crippen LogP contribution in [0, 0.1) is 23.6 Å². The number of hydrogen-bond acceptors (Lipinski definition) is 9. The van der Waals surface area contributed by atoms with E-state index in [2.05, 4.69) is 25.5 Å². The molecule has 1 amide bonds. The molecule has 0 aliphatic heterocycles. The van der Waals surface area contributed by atoms with Crippen LogP contribution in [0.15, 0.2) is 36.1 Å². The van der Waals surface area contributed by atoms with Crippen LogP contribution >= 0.6 is 11.3 Å². The van der Waals surface area contributed by atoms with E-state index in [0.717, 1.165) is 37.8 Å². The SMILES string of the molecule is CCO[C@H]1CC[C@H](n2cc(NC(=O)c3csc(-c4cnn(COC(=O)[C@@H](C)C(C)C)c4)n3)c(-c3nc(F)ccc3F)n2)CC1. The summed E-state index contributed by atoms with van der Waals surface area (Å²) >= 11 is 1.24. The third-order valence-electron chi connectivity index (χ3n) is 7.76. The Morgan fingerprint density at radius 2 is 1.86 bits per heavy atom. The van der Waals surface area contributed by atoms with Crippen LogP contribution in [0.3, 0.4) is 0 Å². The number of esters is 1. The average Bonchev–Trinajstić information content (AvgIpc) is 3.77. The molecule has 0 saturated heterocycles. The average molecular weight is 628 g/mol. The number of rotatable bonds is 11. The standard InChI is InChI=1S/C30H35F2N7O4S/c1-5-42-21-8-6-20(7-9-21)39-14-23(27(37-39)26-22(31)10-11-25(32)36-26)34-28(40)24-15-44-29(35-24)19-12-33-38(13-19)16-43-30(41)18(4)17(2)3/h10-15,17-18,20-21H,5-9,16H2,1-4H3,(H,34,40)/t18-,20-,21-/m0/s1. The summed E-state index contributed by atoms with van der Waals surface area (Å²) in [6.07, 6.45) is 8.33. The predicted molar refractivity (Wildman–Crippen MR) is 160 cm³/mol. The number of nitrogens with one attached hydrogen (secondary N) is 1. The molecule has 234 valence electrons. The molecule has 1 aliphatic carbocycles. The quantitative estimate of drug-likeness (QED) is 0.156. The van der Waals surface area contributed by atoms with Gasteiger partial charge in [-0.15, -0.1) is 11.3 Å². The molecule has 1 saturated carbocycles. The van der Waals surface area contributed by atoms with Crippen molar-refractivity contribution in [3.8, 4) is 22.0 Å². The van der Waals surface area contributed by atoms with Gasteiger partial charge in [-0.3, -0.25) is 14.3 Å². The van der Waals surface area contributed by atoms with Crippen molar-refractivity contribution in [3.05, 3.63) is 53.6 Å². The number of amides is 1. The third-order valence-corrected chi connectivity index (χ3v) is 8.66. The van der Waals surface area contributed by atoms with Crippen molar-refractivity contribution < 1.29 is 27.8 Å². The van der Waals surface area contributed by atoms with Crippen LogP contribution in [-0.2, 0) is 21.0 Å². The van der Waals surface area contributed by atoms with Crippen molar-refractivity contribution >= 4 is 28.9 Å². The summed E-state index contributed by atoms with van der Waals surface area (Å²) < 4.78 is 43.1. The lowest BCUT2D eigenvalue weighted by Gasteiger charge is -2.28. The molecule has 1 aliphatic rings. The van der Waals surface area contributed by atoms with Gasteiger partial charge in [-0.1, -0.05) is 20.8 Å². The van der Waals surface area contributed by atoms with Gasteiger partial charge in [0.1, 0.15) is 22.1 Å². The zero-order chi connectivity index (χ0) is 31.4. The monoisotopic (exact) mass is 627 g/mol. The molecular weight excluding hydrogens is 592 g/mol. The van der Waals surface area contributed by atoms with E-state index in [9.17, 15) is 18.4 Å². The third kappa shape index (κ3) is 7.18. The van der Waals surface area contributed by atoms with E-state index >= 15 is 0 Å². The van der Waals surface area contributed by atoms with Crippen LogP contribution in [0.4, 0.5) is 14.5 Å². The molecule has 1 N–H and O–H groups in total. The fourth-order valence-corrected chi connectivity index (χ4v) is 5.69. The van der Waals surface area contributed by atoms with Gasteiger partial charge in [0.25, 0.3) is 5.91 Å². The van der Waals surface area contributed by atoms with Gasteiger partial charge in [0, 0.05) is 29.9 Å². The highest BCUT2D eigenvalue weighted by Crippen LogP contribution is 2.34. The molecule has 4 aromatic heterocycles. The number of halogens is 2. The summed E-state index contributed by atoms with van der Waals surface area (Å²) in [5.41, 5.74) is 0.693. The second kappa shape index (κ2) is 13.7. The van der Waals surface area contributed by atoms with E-state index < -0.39 is 17.7 Å². The second-order valence-electron chi connectivity index (χ2n) is 11.1. The van der Waals surface area contributed by atoms with Gasteiger partial charge in [0.15, 0.2) is 12.5 Å². The van der Waals surface area contributed by atoms with Crippen LogP contribution in [0.25, 0.3) is 22.0 Å². The Kier molecular flexibility index (Phi) is 9.79. The Labute approximate surface area is 257 Å². The summed E-state index contributed by atoms with van der Waals surface area (Å²) in [5.74, 6) is -2.55. The minimum absolute atomic E-state index is 0.00278. The Morgan fingerprint density at radius 3 is 2.59 bits per heavy atom. The highest BCUT2D eigenvalue weighted by atomic mass is 32.1. The number of carbonyl (C=O) groups is 2. The molecule has 0 bridgehead atoms. The predicted octanol–water partition coefficient (Wildman–Crippen LogP) is 6.11. The maximum absolute atomic E-state index is 14.8. The van der Waals surface area contributed by atoms with Crippen molar-refractivity contribution in [3.63, 3.8) is 0 Å². The Bertz CT molecular complexity index is 1610. The fraction of sp³-hybridized carbons (Fsp3) is 0.467. The van der Waals surface area contributed by atoms with E-state index in [1.54, 1.807) is 28.7 Å². The van der Waals surface area contributed by atoms with Crippen LogP contribution in [0.1, 0.15) is 69.9 Å². The number of pyridine rings is 1. The van der Waals surface area contributed by atoms with Gasteiger partial charge < -0.3 is 14.8 Å². The Morgan fingerprint density at radius 1 is 1.09 bits per heavy atom. The van der Waals surface area contributed by atoms with Gasteiger partial charge in [0.2, 0.25) is 5.95 Å². The molecule has 0 spiro atoms. The smallest absolute Gasteiger partial charge is 0.310 e. The van der Waals surface area contributed by atoms with E-state index in [1.165, 1.54) is 16.0 Å². The summed E-state index contributed by atoms with van der Waals surface area (Å²) in [7, 11) is 0. The zero-order valence-corrected chi connectivity index (χ0v) is 25.8. The van der Waals surface area contributed by atoms with E-state index in [4.69, 9.17) is 9.47 Å².